The molecule has 0 radical (unpaired) electrons. The number of phenols is 1. The van der Waals surface area contributed by atoms with E-state index in [-0.39, 0.29) is 59.9 Å². The van der Waals surface area contributed by atoms with E-state index in [4.69, 9.17) is 9.47 Å². The van der Waals surface area contributed by atoms with Crippen molar-refractivity contribution < 1.29 is 33.8 Å². The van der Waals surface area contributed by atoms with Crippen LogP contribution < -0.4 is 9.47 Å². The van der Waals surface area contributed by atoms with E-state index in [9.17, 15) is 24.3 Å². The van der Waals surface area contributed by atoms with E-state index in [0.29, 0.717) is 18.4 Å². The van der Waals surface area contributed by atoms with Crippen LogP contribution in [0.5, 0.6) is 17.2 Å². The molecule has 4 heterocycles. The Kier molecular flexibility index (Phi) is 7.61. The largest absolute Gasteiger partial charge is 0.502 e. The van der Waals surface area contributed by atoms with E-state index in [1.54, 1.807) is 12.1 Å². The van der Waals surface area contributed by atoms with Gasteiger partial charge in [0.1, 0.15) is 0 Å². The number of carbonyl (C=O) groups excluding carboxylic acids is 4. The number of imide groups is 2. The summed E-state index contributed by atoms with van der Waals surface area (Å²) in [6.45, 7) is 0.462. The van der Waals surface area contributed by atoms with Gasteiger partial charge in [0.05, 0.1) is 51.0 Å². The molecular formula is C34H32N2O7S2. The Hall–Kier alpha value is -4.22. The minimum absolute atomic E-state index is 0.117. The molecule has 1 N–H and O–H groups in total. The molecule has 2 saturated heterocycles. The first-order valence-electron chi connectivity index (χ1n) is 14.9. The molecule has 45 heavy (non-hydrogen) atoms. The number of fused-ring (bicyclic) bond motifs is 4. The maximum Gasteiger partial charge on any atom is 0.234 e. The molecule has 1 saturated carbocycles. The third kappa shape index (κ3) is 4.89. The molecule has 9 nitrogen and oxygen atoms in total. The van der Waals surface area contributed by atoms with Gasteiger partial charge in [-0.15, -0.1) is 22.7 Å². The SMILES string of the molecule is COc1cc(C=C[C@H]2C3=CC[C@@H]4C(=O)N(Cc5cccs5)C(=O)[C@@H]4[C@@H]3C[C@H]3C(=O)N(Cc4cccs4)C(=O)[C@@H]23)cc(OC)c1O. The molecule has 2 aliphatic heterocycles. The first-order chi connectivity index (χ1) is 21.8. The Balaban J connectivity index is 1.27. The summed E-state index contributed by atoms with van der Waals surface area (Å²) in [6.07, 6.45) is 6.55. The van der Waals surface area contributed by atoms with Crippen LogP contribution in [-0.2, 0) is 32.3 Å². The number of rotatable bonds is 8. The van der Waals surface area contributed by atoms with Crippen molar-refractivity contribution in [2.45, 2.75) is 25.9 Å². The van der Waals surface area contributed by atoms with E-state index < -0.39 is 29.6 Å². The third-order valence-electron chi connectivity index (χ3n) is 9.67. The van der Waals surface area contributed by atoms with Gasteiger partial charge in [-0.2, -0.15) is 0 Å². The molecule has 0 spiro atoms. The first kappa shape index (κ1) is 29.5. The molecule has 0 unspecified atom stereocenters. The highest BCUT2D eigenvalue weighted by atomic mass is 32.1. The fourth-order valence-corrected chi connectivity index (χ4v) is 9.02. The molecule has 232 valence electrons. The van der Waals surface area contributed by atoms with Crippen molar-refractivity contribution >= 4 is 52.4 Å². The normalized spacial score (nSPS) is 27.6. The van der Waals surface area contributed by atoms with E-state index in [1.807, 2.05) is 53.3 Å². The number of ether oxygens (including phenoxy) is 2. The predicted octanol–water partition coefficient (Wildman–Crippen LogP) is 5.11. The topological polar surface area (TPSA) is 113 Å². The quantitative estimate of drug-likeness (QED) is 0.268. The molecule has 2 aromatic heterocycles. The summed E-state index contributed by atoms with van der Waals surface area (Å²) in [5.74, 6) is -3.53. The average molecular weight is 645 g/mol. The molecular weight excluding hydrogens is 613 g/mol. The lowest BCUT2D eigenvalue weighted by molar-refractivity contribution is -0.142. The Bertz CT molecular complexity index is 1700. The first-order valence-corrected chi connectivity index (χ1v) is 16.6. The number of allylic oxidation sites excluding steroid dienone is 3. The standard InChI is InChI=1S/C34H32N2O7S2/c1-42-26-13-18(14-27(43-2)30(26)37)7-8-22-21-9-10-23-29(34(41)35(31(23)38)16-19-5-3-11-44-19)24(21)15-25-28(22)33(40)36(32(25)39)17-20-6-4-12-45-20/h3-9,11-14,22-25,28-29,37H,10,15-17H2,1-2H3/t22-,23-,24+,25+,28-,29-/m0/s1. The minimum Gasteiger partial charge on any atom is -0.502 e. The van der Waals surface area contributed by atoms with E-state index in [1.165, 1.54) is 46.7 Å². The van der Waals surface area contributed by atoms with Gasteiger partial charge >= 0.3 is 0 Å². The molecule has 2 aliphatic carbocycles. The van der Waals surface area contributed by atoms with Crippen molar-refractivity contribution in [2.24, 2.45) is 35.5 Å². The number of methoxy groups -OCH3 is 2. The number of phenolic OH excluding ortho intramolecular Hbond substituents is 1. The van der Waals surface area contributed by atoms with Crippen LogP contribution in [0.25, 0.3) is 6.08 Å². The number of amides is 4. The number of carbonyl (C=O) groups is 4. The molecule has 0 bridgehead atoms. The van der Waals surface area contributed by atoms with Crippen molar-refractivity contribution in [3.63, 3.8) is 0 Å². The zero-order valence-corrected chi connectivity index (χ0v) is 26.4. The summed E-state index contributed by atoms with van der Waals surface area (Å²) in [6, 6.07) is 11.0. The van der Waals surface area contributed by atoms with E-state index >= 15 is 0 Å². The highest BCUT2D eigenvalue weighted by Crippen LogP contribution is 2.55. The van der Waals surface area contributed by atoms with Crippen LogP contribution in [0.4, 0.5) is 0 Å². The van der Waals surface area contributed by atoms with Gasteiger partial charge in [0.15, 0.2) is 11.5 Å². The molecule has 3 fully saturated rings. The smallest absolute Gasteiger partial charge is 0.234 e. The Morgan fingerprint density at radius 1 is 0.822 bits per heavy atom. The Morgan fingerprint density at radius 2 is 1.40 bits per heavy atom. The second-order valence-corrected chi connectivity index (χ2v) is 14.0. The van der Waals surface area contributed by atoms with Gasteiger partial charge in [-0.05, 0) is 59.3 Å². The molecule has 7 rings (SSSR count). The van der Waals surface area contributed by atoms with Crippen molar-refractivity contribution in [3.05, 3.63) is 80.2 Å². The van der Waals surface area contributed by atoms with Crippen LogP contribution >= 0.6 is 22.7 Å². The van der Waals surface area contributed by atoms with Crippen LogP contribution in [0.2, 0.25) is 0 Å². The number of nitrogens with zero attached hydrogens (tertiary/aromatic N) is 2. The Morgan fingerprint density at radius 3 is 1.96 bits per heavy atom. The highest BCUT2D eigenvalue weighted by molar-refractivity contribution is 7.10. The number of hydrogen-bond donors (Lipinski definition) is 1. The molecule has 1 aromatic carbocycles. The zero-order chi connectivity index (χ0) is 31.4. The van der Waals surface area contributed by atoms with E-state index in [2.05, 4.69) is 0 Å². The van der Waals surface area contributed by atoms with Gasteiger partial charge in [0.25, 0.3) is 0 Å². The molecule has 6 atom stereocenters. The predicted molar refractivity (Wildman–Crippen MR) is 168 cm³/mol. The number of aromatic hydroxyl groups is 1. The molecule has 3 aromatic rings. The van der Waals surface area contributed by atoms with Gasteiger partial charge in [-0.3, -0.25) is 29.0 Å². The maximum atomic E-state index is 14.0. The van der Waals surface area contributed by atoms with Gasteiger partial charge in [0, 0.05) is 15.7 Å². The monoisotopic (exact) mass is 644 g/mol. The summed E-state index contributed by atoms with van der Waals surface area (Å²) in [7, 11) is 2.91. The Labute approximate surface area is 268 Å². The van der Waals surface area contributed by atoms with Crippen LogP contribution in [0.1, 0.15) is 28.2 Å². The van der Waals surface area contributed by atoms with Crippen LogP contribution in [0.15, 0.2) is 64.9 Å². The molecule has 11 heteroatoms. The molecule has 4 aliphatic rings. The van der Waals surface area contributed by atoms with Crippen molar-refractivity contribution in [2.75, 3.05) is 14.2 Å². The van der Waals surface area contributed by atoms with Gasteiger partial charge < -0.3 is 14.6 Å². The molecule has 4 amide bonds. The fraction of sp³-hybridized carbons (Fsp3) is 0.353. The summed E-state index contributed by atoms with van der Waals surface area (Å²) in [5, 5.41) is 14.3. The zero-order valence-electron chi connectivity index (χ0n) is 24.8. The number of benzene rings is 1. The number of thiophene rings is 2. The minimum atomic E-state index is -0.622. The lowest BCUT2D eigenvalue weighted by Gasteiger charge is -2.42. The van der Waals surface area contributed by atoms with Gasteiger partial charge in [-0.1, -0.05) is 35.9 Å². The lowest BCUT2D eigenvalue weighted by Crippen LogP contribution is -2.43. The van der Waals surface area contributed by atoms with Gasteiger partial charge in [-0.25, -0.2) is 0 Å². The van der Waals surface area contributed by atoms with Crippen LogP contribution in [0.3, 0.4) is 0 Å². The van der Waals surface area contributed by atoms with Crippen molar-refractivity contribution in [1.82, 2.24) is 9.80 Å². The van der Waals surface area contributed by atoms with Crippen LogP contribution in [-0.4, -0.2) is 52.8 Å². The second-order valence-electron chi connectivity index (χ2n) is 11.9. The third-order valence-corrected chi connectivity index (χ3v) is 11.4. The average Bonchev–Trinajstić information content (AvgIpc) is 3.85. The summed E-state index contributed by atoms with van der Waals surface area (Å²) >= 11 is 3.00. The van der Waals surface area contributed by atoms with Gasteiger partial charge in [0.2, 0.25) is 29.4 Å². The number of hydrogen-bond acceptors (Lipinski definition) is 9. The van der Waals surface area contributed by atoms with E-state index in [0.717, 1.165) is 15.3 Å². The summed E-state index contributed by atoms with van der Waals surface area (Å²) < 4.78 is 10.7. The highest BCUT2D eigenvalue weighted by Gasteiger charge is 2.61. The summed E-state index contributed by atoms with van der Waals surface area (Å²) in [4.78, 5) is 60.1. The van der Waals surface area contributed by atoms with Crippen molar-refractivity contribution in [1.29, 1.82) is 0 Å². The van der Waals surface area contributed by atoms with Crippen LogP contribution in [0, 0.1) is 35.5 Å². The second kappa shape index (κ2) is 11.6. The fourth-order valence-electron chi connectivity index (χ4n) is 7.63. The summed E-state index contributed by atoms with van der Waals surface area (Å²) in [5.41, 5.74) is 1.61. The maximum absolute atomic E-state index is 14.0. The lowest BCUT2D eigenvalue weighted by atomic mass is 9.58. The number of likely N-dealkylation sites (tertiary alicyclic amines) is 2. The van der Waals surface area contributed by atoms with Crippen molar-refractivity contribution in [3.8, 4) is 17.2 Å².